The van der Waals surface area contributed by atoms with Crippen LogP contribution >= 0.6 is 0 Å². The van der Waals surface area contributed by atoms with Crippen LogP contribution in [0.3, 0.4) is 0 Å². The van der Waals surface area contributed by atoms with Crippen LogP contribution in [0.5, 0.6) is 0 Å². The molecule has 0 aromatic heterocycles. The summed E-state index contributed by atoms with van der Waals surface area (Å²) in [5.74, 6) is -0.593. The van der Waals surface area contributed by atoms with Crippen molar-refractivity contribution in [2.24, 2.45) is 11.8 Å². The molecule has 1 saturated carbocycles. The van der Waals surface area contributed by atoms with Gasteiger partial charge in [-0.3, -0.25) is 9.59 Å². The van der Waals surface area contributed by atoms with Crippen molar-refractivity contribution >= 4 is 11.8 Å². The van der Waals surface area contributed by atoms with E-state index in [-0.39, 0.29) is 30.0 Å². The third-order valence-electron chi connectivity index (χ3n) is 5.48. The lowest BCUT2D eigenvalue weighted by Crippen LogP contribution is -2.28. The van der Waals surface area contributed by atoms with Crippen molar-refractivity contribution in [1.82, 2.24) is 0 Å². The maximum Gasteiger partial charge on any atom is 0.305 e. The molecule has 0 aromatic carbocycles. The molecule has 1 N–H and O–H groups in total. The molecular weight excluding hydrogens is 359 g/mol. The Labute approximate surface area is 168 Å². The van der Waals surface area contributed by atoms with E-state index in [1.54, 1.807) is 6.08 Å². The molecular formula is C23H35FO4. The molecule has 1 fully saturated rings. The topological polar surface area (TPSA) is 63.6 Å². The molecule has 3 atom stereocenters. The average molecular weight is 395 g/mol. The van der Waals surface area contributed by atoms with Crippen LogP contribution in [0.4, 0.5) is 4.39 Å². The molecule has 0 radical (unpaired) electrons. The van der Waals surface area contributed by atoms with Crippen molar-refractivity contribution < 1.29 is 23.8 Å². The molecule has 28 heavy (non-hydrogen) atoms. The Balaban J connectivity index is 2.52. The standard InChI is InChI=1S/C23H35FO4/c1-4-5-16-23(27,18(2)24)17-10-11-19-14-15-21(25)20(19)12-8-6-7-9-13-22(26)28-3/h6,8,10-11,19-20,27H,2,4-5,7,9,12-17H2,1,3H3/t19-,20+,23?/m0/s1. The van der Waals surface area contributed by atoms with Crippen LogP contribution in [0.2, 0.25) is 0 Å². The number of ether oxygens (including phenoxy) is 1. The minimum Gasteiger partial charge on any atom is -0.469 e. The second kappa shape index (κ2) is 12.7. The molecule has 158 valence electrons. The Bertz CT molecular complexity index is 581. The number of methoxy groups -OCH3 is 1. The summed E-state index contributed by atoms with van der Waals surface area (Å²) < 4.78 is 18.3. The first kappa shape index (κ1) is 24.3. The number of esters is 1. The van der Waals surface area contributed by atoms with Gasteiger partial charge in [-0.15, -0.1) is 0 Å². The number of rotatable bonds is 13. The van der Waals surface area contributed by atoms with Crippen LogP contribution in [0.1, 0.15) is 71.1 Å². The Kier molecular flexibility index (Phi) is 11.0. The van der Waals surface area contributed by atoms with Crippen molar-refractivity contribution in [3.05, 3.63) is 36.7 Å². The van der Waals surface area contributed by atoms with Gasteiger partial charge in [-0.05, 0) is 38.0 Å². The molecule has 0 aliphatic heterocycles. The number of carbonyl (C=O) groups excluding carboxylic acids is 2. The molecule has 0 bridgehead atoms. The quantitative estimate of drug-likeness (QED) is 0.264. The van der Waals surface area contributed by atoms with Crippen molar-refractivity contribution in [2.75, 3.05) is 7.11 Å². The van der Waals surface area contributed by atoms with Gasteiger partial charge in [0.2, 0.25) is 0 Å². The van der Waals surface area contributed by atoms with Gasteiger partial charge in [-0.2, -0.15) is 0 Å². The number of Topliss-reactive ketones (excluding diaryl/α,β-unsaturated/α-hetero) is 1. The molecule has 5 heteroatoms. The fraction of sp³-hybridized carbons (Fsp3) is 0.652. The minimum atomic E-state index is -1.51. The molecule has 1 aliphatic rings. The van der Waals surface area contributed by atoms with E-state index in [0.29, 0.717) is 25.7 Å². The molecule has 1 unspecified atom stereocenters. The summed E-state index contributed by atoms with van der Waals surface area (Å²) >= 11 is 0. The highest BCUT2D eigenvalue weighted by Gasteiger charge is 2.33. The Hall–Kier alpha value is -1.75. The van der Waals surface area contributed by atoms with Crippen molar-refractivity contribution in [2.45, 2.75) is 76.7 Å². The zero-order chi connectivity index (χ0) is 21.0. The Morgan fingerprint density at radius 2 is 2.11 bits per heavy atom. The van der Waals surface area contributed by atoms with Crippen LogP contribution in [0.25, 0.3) is 0 Å². The average Bonchev–Trinajstić information content (AvgIpc) is 3.02. The highest BCUT2D eigenvalue weighted by atomic mass is 19.1. The van der Waals surface area contributed by atoms with Gasteiger partial charge >= 0.3 is 5.97 Å². The fourth-order valence-corrected chi connectivity index (χ4v) is 3.55. The van der Waals surface area contributed by atoms with Gasteiger partial charge in [0, 0.05) is 25.2 Å². The largest absolute Gasteiger partial charge is 0.469 e. The second-order valence-electron chi connectivity index (χ2n) is 7.62. The van der Waals surface area contributed by atoms with Gasteiger partial charge in [0.05, 0.1) is 7.11 Å². The van der Waals surface area contributed by atoms with Crippen LogP contribution in [-0.2, 0) is 14.3 Å². The molecule has 1 rings (SSSR count). The summed E-state index contributed by atoms with van der Waals surface area (Å²) in [6.07, 6.45) is 13.9. The van der Waals surface area contributed by atoms with E-state index < -0.39 is 11.4 Å². The van der Waals surface area contributed by atoms with Crippen molar-refractivity contribution in [3.63, 3.8) is 0 Å². The van der Waals surface area contributed by atoms with E-state index in [9.17, 15) is 19.1 Å². The molecule has 1 aliphatic carbocycles. The first-order chi connectivity index (χ1) is 13.3. The van der Waals surface area contributed by atoms with Gasteiger partial charge in [-0.1, -0.05) is 50.6 Å². The highest BCUT2D eigenvalue weighted by Crippen LogP contribution is 2.34. The normalized spacial score (nSPS) is 22.1. The number of hydrogen-bond acceptors (Lipinski definition) is 4. The summed E-state index contributed by atoms with van der Waals surface area (Å²) in [4.78, 5) is 23.3. The number of carbonyl (C=O) groups is 2. The predicted octanol–water partition coefficient (Wildman–Crippen LogP) is 5.22. The molecule has 4 nitrogen and oxygen atoms in total. The lowest BCUT2D eigenvalue weighted by Gasteiger charge is -2.24. The zero-order valence-electron chi connectivity index (χ0n) is 17.3. The monoisotopic (exact) mass is 394 g/mol. The van der Waals surface area contributed by atoms with E-state index >= 15 is 0 Å². The van der Waals surface area contributed by atoms with Crippen molar-refractivity contribution in [1.29, 1.82) is 0 Å². The Morgan fingerprint density at radius 1 is 1.36 bits per heavy atom. The minimum absolute atomic E-state index is 0.0644. The summed E-state index contributed by atoms with van der Waals surface area (Å²) in [5, 5.41) is 10.5. The first-order valence-electron chi connectivity index (χ1n) is 10.3. The lowest BCUT2D eigenvalue weighted by molar-refractivity contribution is -0.140. The molecule has 0 aromatic rings. The van der Waals surface area contributed by atoms with E-state index in [2.05, 4.69) is 11.3 Å². The number of hydrogen-bond donors (Lipinski definition) is 1. The maximum atomic E-state index is 13.7. The number of ketones is 1. The van der Waals surface area contributed by atoms with Crippen LogP contribution in [0, 0.1) is 11.8 Å². The van der Waals surface area contributed by atoms with Crippen molar-refractivity contribution in [3.8, 4) is 0 Å². The van der Waals surface area contributed by atoms with E-state index in [1.807, 2.05) is 25.2 Å². The van der Waals surface area contributed by atoms with Gasteiger partial charge in [0.25, 0.3) is 0 Å². The van der Waals surface area contributed by atoms with Gasteiger partial charge < -0.3 is 9.84 Å². The highest BCUT2D eigenvalue weighted by molar-refractivity contribution is 5.83. The predicted molar refractivity (Wildman–Crippen MR) is 109 cm³/mol. The van der Waals surface area contributed by atoms with Crippen LogP contribution in [0.15, 0.2) is 36.7 Å². The maximum absolute atomic E-state index is 13.7. The molecule has 0 amide bonds. The number of unbranched alkanes of at least 4 members (excludes halogenated alkanes) is 2. The molecule has 0 heterocycles. The number of halogens is 1. The van der Waals surface area contributed by atoms with Gasteiger partial charge in [-0.25, -0.2) is 4.39 Å². The Morgan fingerprint density at radius 3 is 2.75 bits per heavy atom. The first-order valence-corrected chi connectivity index (χ1v) is 10.3. The molecule has 0 spiro atoms. The van der Waals surface area contributed by atoms with Gasteiger partial charge in [0.15, 0.2) is 0 Å². The third-order valence-corrected chi connectivity index (χ3v) is 5.48. The fourth-order valence-electron chi connectivity index (χ4n) is 3.55. The lowest BCUT2D eigenvalue weighted by atomic mass is 9.88. The summed E-state index contributed by atoms with van der Waals surface area (Å²) in [6.45, 7) is 5.29. The zero-order valence-corrected chi connectivity index (χ0v) is 17.3. The van der Waals surface area contributed by atoms with Gasteiger partial charge in [0.1, 0.15) is 17.2 Å². The number of allylic oxidation sites excluding steroid dienone is 3. The summed E-state index contributed by atoms with van der Waals surface area (Å²) in [5.41, 5.74) is -1.51. The SMILES string of the molecule is C=C(F)C(O)(CC=C[C@H]1CCC(=O)[C@@H]1CC=CCCCC(=O)OC)CCCC. The third kappa shape index (κ3) is 8.09. The number of aliphatic hydroxyl groups is 1. The molecule has 0 saturated heterocycles. The smallest absolute Gasteiger partial charge is 0.305 e. The van der Waals surface area contributed by atoms with E-state index in [1.165, 1.54) is 7.11 Å². The summed E-state index contributed by atoms with van der Waals surface area (Å²) in [6, 6.07) is 0. The van der Waals surface area contributed by atoms with Crippen LogP contribution < -0.4 is 0 Å². The van der Waals surface area contributed by atoms with Crippen LogP contribution in [-0.4, -0.2) is 29.6 Å². The second-order valence-corrected chi connectivity index (χ2v) is 7.62. The van der Waals surface area contributed by atoms with E-state index in [4.69, 9.17) is 0 Å². The van der Waals surface area contributed by atoms with E-state index in [0.717, 1.165) is 32.1 Å². The summed E-state index contributed by atoms with van der Waals surface area (Å²) in [7, 11) is 1.38.